The fourth-order valence-corrected chi connectivity index (χ4v) is 2.12. The van der Waals surface area contributed by atoms with Crippen molar-refractivity contribution in [2.24, 2.45) is 0 Å². The van der Waals surface area contributed by atoms with Gasteiger partial charge in [-0.25, -0.2) is 0 Å². The molecule has 1 rings (SSSR count). The minimum atomic E-state index is 0.756. The molecule has 0 radical (unpaired) electrons. The Morgan fingerprint density at radius 3 is 2.69 bits per heavy atom. The summed E-state index contributed by atoms with van der Waals surface area (Å²) in [5.41, 5.74) is 2.19. The maximum Gasteiger partial charge on any atom is 0.126 e. The Kier molecular flexibility index (Phi) is 5.06. The van der Waals surface area contributed by atoms with E-state index < -0.39 is 0 Å². The minimum Gasteiger partial charge on any atom is -0.496 e. The quantitative estimate of drug-likeness (QED) is 0.802. The van der Waals surface area contributed by atoms with E-state index in [2.05, 4.69) is 10.2 Å². The molecule has 0 fully saturated rings. The zero-order valence-corrected chi connectivity index (χ0v) is 11.1. The summed E-state index contributed by atoms with van der Waals surface area (Å²) >= 11 is 6.05. The van der Waals surface area contributed by atoms with Crippen molar-refractivity contribution in [3.63, 3.8) is 0 Å². The van der Waals surface area contributed by atoms with Crippen molar-refractivity contribution in [2.45, 2.75) is 13.5 Å². The van der Waals surface area contributed by atoms with Gasteiger partial charge in [-0.1, -0.05) is 11.6 Å². The van der Waals surface area contributed by atoms with Crippen molar-refractivity contribution >= 4 is 11.6 Å². The van der Waals surface area contributed by atoms with Gasteiger partial charge >= 0.3 is 0 Å². The van der Waals surface area contributed by atoms with E-state index in [1.54, 1.807) is 7.11 Å². The first-order valence-corrected chi connectivity index (χ1v) is 5.62. The lowest BCUT2D eigenvalue weighted by atomic mass is 10.1. The van der Waals surface area contributed by atoms with Gasteiger partial charge in [0.1, 0.15) is 5.75 Å². The summed E-state index contributed by atoms with van der Waals surface area (Å²) in [6.45, 7) is 3.65. The third kappa shape index (κ3) is 3.37. The molecule has 0 aliphatic heterocycles. The number of nitrogens with one attached hydrogen (secondary N) is 1. The second-order valence-electron chi connectivity index (χ2n) is 3.94. The molecule has 0 saturated heterocycles. The molecular formula is C12H19ClN2O. The van der Waals surface area contributed by atoms with Gasteiger partial charge in [-0.2, -0.15) is 0 Å². The van der Waals surface area contributed by atoms with Crippen LogP contribution in [0.5, 0.6) is 5.75 Å². The summed E-state index contributed by atoms with van der Waals surface area (Å²) in [7, 11) is 5.67. The number of ether oxygens (including phenoxy) is 1. The molecule has 90 valence electrons. The van der Waals surface area contributed by atoms with Crippen molar-refractivity contribution in [3.05, 3.63) is 28.3 Å². The predicted octanol–water partition coefficient (Wildman–Crippen LogP) is 2.27. The maximum atomic E-state index is 6.05. The van der Waals surface area contributed by atoms with Crippen LogP contribution in [0, 0.1) is 6.92 Å². The van der Waals surface area contributed by atoms with Crippen LogP contribution < -0.4 is 10.1 Å². The molecule has 3 nitrogen and oxygen atoms in total. The first-order valence-electron chi connectivity index (χ1n) is 5.24. The number of hydrogen-bond acceptors (Lipinski definition) is 3. The maximum absolute atomic E-state index is 6.05. The van der Waals surface area contributed by atoms with Gasteiger partial charge in [0, 0.05) is 23.8 Å². The molecule has 0 bridgehead atoms. The van der Waals surface area contributed by atoms with Crippen molar-refractivity contribution in [2.75, 3.05) is 27.9 Å². The molecule has 0 amide bonds. The number of nitrogens with zero attached hydrogens (tertiary/aromatic N) is 1. The zero-order chi connectivity index (χ0) is 12.1. The van der Waals surface area contributed by atoms with Gasteiger partial charge in [0.15, 0.2) is 0 Å². The van der Waals surface area contributed by atoms with Gasteiger partial charge in [-0.15, -0.1) is 0 Å². The van der Waals surface area contributed by atoms with Crippen LogP contribution in [0.15, 0.2) is 12.1 Å². The lowest BCUT2D eigenvalue weighted by Gasteiger charge is -2.19. The summed E-state index contributed by atoms with van der Waals surface area (Å²) in [6, 6.07) is 3.88. The Bertz CT molecular complexity index is 355. The summed E-state index contributed by atoms with van der Waals surface area (Å²) in [5, 5.41) is 3.86. The average Bonchev–Trinajstić information content (AvgIpc) is 2.17. The van der Waals surface area contributed by atoms with Crippen LogP contribution in [0.2, 0.25) is 5.02 Å². The van der Waals surface area contributed by atoms with Crippen LogP contribution in [0.3, 0.4) is 0 Å². The van der Waals surface area contributed by atoms with Gasteiger partial charge in [0.05, 0.1) is 7.11 Å². The molecule has 0 spiro atoms. The highest BCUT2D eigenvalue weighted by molar-refractivity contribution is 6.30. The number of rotatable bonds is 5. The van der Waals surface area contributed by atoms with Gasteiger partial charge in [-0.05, 0) is 38.7 Å². The van der Waals surface area contributed by atoms with Crippen LogP contribution in [0.4, 0.5) is 0 Å². The van der Waals surface area contributed by atoms with Crippen molar-refractivity contribution in [1.82, 2.24) is 10.2 Å². The first-order chi connectivity index (χ1) is 7.58. The predicted molar refractivity (Wildman–Crippen MR) is 68.1 cm³/mol. The zero-order valence-electron chi connectivity index (χ0n) is 10.3. The van der Waals surface area contributed by atoms with Gasteiger partial charge in [0.25, 0.3) is 0 Å². The summed E-state index contributed by atoms with van der Waals surface area (Å²) in [4.78, 5) is 2.16. The molecule has 1 N–H and O–H groups in total. The Morgan fingerprint density at radius 1 is 1.44 bits per heavy atom. The van der Waals surface area contributed by atoms with Crippen LogP contribution in [-0.4, -0.2) is 32.8 Å². The monoisotopic (exact) mass is 242 g/mol. The number of methoxy groups -OCH3 is 1. The van der Waals surface area contributed by atoms with Crippen LogP contribution in [-0.2, 0) is 6.54 Å². The second kappa shape index (κ2) is 6.09. The fourth-order valence-electron chi connectivity index (χ4n) is 1.83. The summed E-state index contributed by atoms with van der Waals surface area (Å²) in [6.07, 6.45) is 0. The first kappa shape index (κ1) is 13.3. The average molecular weight is 243 g/mol. The highest BCUT2D eigenvalue weighted by atomic mass is 35.5. The summed E-state index contributed by atoms with van der Waals surface area (Å²) < 4.78 is 5.40. The molecule has 16 heavy (non-hydrogen) atoms. The molecule has 0 atom stereocenters. The third-order valence-electron chi connectivity index (χ3n) is 2.39. The molecule has 0 aliphatic carbocycles. The molecule has 0 unspecified atom stereocenters. The molecular weight excluding hydrogens is 224 g/mol. The van der Waals surface area contributed by atoms with E-state index in [1.165, 1.54) is 0 Å². The van der Waals surface area contributed by atoms with Gasteiger partial charge in [0.2, 0.25) is 0 Å². The Morgan fingerprint density at radius 2 is 2.12 bits per heavy atom. The molecule has 0 aromatic heterocycles. The van der Waals surface area contributed by atoms with Crippen molar-refractivity contribution in [1.29, 1.82) is 0 Å². The number of hydrogen-bond donors (Lipinski definition) is 1. The Balaban J connectivity index is 2.93. The smallest absolute Gasteiger partial charge is 0.126 e. The van der Waals surface area contributed by atoms with E-state index >= 15 is 0 Å². The van der Waals surface area contributed by atoms with Gasteiger partial charge in [-0.3, -0.25) is 4.90 Å². The van der Waals surface area contributed by atoms with E-state index in [9.17, 15) is 0 Å². The minimum absolute atomic E-state index is 0.756. The number of aryl methyl sites for hydroxylation is 1. The normalized spacial score (nSPS) is 10.9. The van der Waals surface area contributed by atoms with Crippen molar-refractivity contribution in [3.8, 4) is 5.75 Å². The molecule has 4 heteroatoms. The van der Waals surface area contributed by atoms with E-state index in [0.717, 1.165) is 35.1 Å². The highest BCUT2D eigenvalue weighted by Crippen LogP contribution is 2.28. The number of halogens is 1. The molecule has 0 saturated carbocycles. The van der Waals surface area contributed by atoms with Crippen LogP contribution >= 0.6 is 11.6 Å². The molecule has 0 aliphatic rings. The molecule has 0 heterocycles. The topological polar surface area (TPSA) is 24.5 Å². The Hall–Kier alpha value is -0.770. The lowest BCUT2D eigenvalue weighted by molar-refractivity contribution is 0.302. The Labute approximate surface area is 102 Å². The standard InChI is InChI=1S/C12H19ClN2O/c1-9-5-11(13)6-10(12(9)16-4)7-15(3)8-14-2/h5-6,14H,7-8H2,1-4H3. The van der Waals surface area contributed by atoms with Crippen LogP contribution in [0.25, 0.3) is 0 Å². The fraction of sp³-hybridized carbons (Fsp3) is 0.500. The number of benzene rings is 1. The highest BCUT2D eigenvalue weighted by Gasteiger charge is 2.09. The molecule has 1 aromatic carbocycles. The van der Waals surface area contributed by atoms with E-state index in [0.29, 0.717) is 0 Å². The van der Waals surface area contributed by atoms with E-state index in [4.69, 9.17) is 16.3 Å². The second-order valence-corrected chi connectivity index (χ2v) is 4.38. The molecule has 1 aromatic rings. The summed E-state index contributed by atoms with van der Waals surface area (Å²) in [5.74, 6) is 0.923. The largest absolute Gasteiger partial charge is 0.496 e. The SMILES string of the molecule is CNCN(C)Cc1cc(Cl)cc(C)c1OC. The van der Waals surface area contributed by atoms with Gasteiger partial charge < -0.3 is 10.1 Å². The third-order valence-corrected chi connectivity index (χ3v) is 2.61. The van der Waals surface area contributed by atoms with E-state index in [1.807, 2.05) is 33.2 Å². The van der Waals surface area contributed by atoms with Crippen molar-refractivity contribution < 1.29 is 4.74 Å². The van der Waals surface area contributed by atoms with E-state index in [-0.39, 0.29) is 0 Å². The lowest BCUT2D eigenvalue weighted by Crippen LogP contribution is -2.28. The van der Waals surface area contributed by atoms with Crippen LogP contribution in [0.1, 0.15) is 11.1 Å².